The number of carbonyl (C=O) groups excluding carboxylic acids is 1. The summed E-state index contributed by atoms with van der Waals surface area (Å²) in [6.45, 7) is 2.03. The molecule has 0 unspecified atom stereocenters. The largest absolute Gasteiger partial charge is 0.481 e. The molecule has 0 aliphatic heterocycles. The average Bonchev–Trinajstić information content (AvgIpc) is 3.13. The van der Waals surface area contributed by atoms with E-state index in [-0.39, 0.29) is 23.3 Å². The molecule has 0 radical (unpaired) electrons. The number of aryl methyl sites for hydroxylation is 1. The molecule has 0 bridgehead atoms. The monoisotopic (exact) mass is 273 g/mol. The van der Waals surface area contributed by atoms with Gasteiger partial charge in [0.25, 0.3) is 0 Å². The summed E-state index contributed by atoms with van der Waals surface area (Å²) in [6.07, 6.45) is 2.89. The van der Waals surface area contributed by atoms with Crippen LogP contribution in [0.25, 0.3) is 0 Å². The van der Waals surface area contributed by atoms with Crippen LogP contribution in [-0.4, -0.2) is 23.0 Å². The van der Waals surface area contributed by atoms with Gasteiger partial charge >= 0.3 is 5.97 Å². The van der Waals surface area contributed by atoms with Crippen molar-refractivity contribution in [3.05, 3.63) is 35.4 Å². The van der Waals surface area contributed by atoms with Gasteiger partial charge in [-0.05, 0) is 38.2 Å². The third kappa shape index (κ3) is 2.19. The molecule has 2 saturated carbocycles. The first-order valence-electron chi connectivity index (χ1n) is 7.12. The number of carboxylic acids is 1. The molecule has 2 aliphatic carbocycles. The molecule has 1 aromatic rings. The maximum atomic E-state index is 12.5. The molecule has 2 N–H and O–H groups in total. The minimum atomic E-state index is -0.754. The normalized spacial score (nSPS) is 26.4. The van der Waals surface area contributed by atoms with Crippen LogP contribution in [0.4, 0.5) is 0 Å². The van der Waals surface area contributed by atoms with Gasteiger partial charge in [0.2, 0.25) is 5.91 Å². The molecule has 20 heavy (non-hydrogen) atoms. The van der Waals surface area contributed by atoms with Gasteiger partial charge in [-0.1, -0.05) is 29.8 Å². The Balaban J connectivity index is 1.65. The van der Waals surface area contributed by atoms with E-state index in [1.165, 1.54) is 0 Å². The molecule has 0 atom stereocenters. The SMILES string of the molecule is Cc1cccc(C2(C(=O)NC3CC(C(=O)O)C3)CC2)c1. The fourth-order valence-electron chi connectivity index (χ4n) is 2.98. The lowest BCUT2D eigenvalue weighted by atomic mass is 9.80. The number of carbonyl (C=O) groups is 2. The second kappa shape index (κ2) is 4.62. The van der Waals surface area contributed by atoms with Gasteiger partial charge in [0, 0.05) is 6.04 Å². The quantitative estimate of drug-likeness (QED) is 0.882. The lowest BCUT2D eigenvalue weighted by Crippen LogP contribution is -2.49. The molecular formula is C16H19NO3. The number of hydrogen-bond donors (Lipinski definition) is 2. The van der Waals surface area contributed by atoms with E-state index in [9.17, 15) is 9.59 Å². The molecule has 4 nitrogen and oxygen atoms in total. The van der Waals surface area contributed by atoms with Crippen molar-refractivity contribution < 1.29 is 14.7 Å². The van der Waals surface area contributed by atoms with E-state index in [2.05, 4.69) is 11.4 Å². The Labute approximate surface area is 118 Å². The van der Waals surface area contributed by atoms with Crippen LogP contribution in [0.15, 0.2) is 24.3 Å². The Morgan fingerprint density at radius 3 is 2.55 bits per heavy atom. The first-order valence-corrected chi connectivity index (χ1v) is 7.12. The predicted molar refractivity (Wildman–Crippen MR) is 74.4 cm³/mol. The third-order valence-electron chi connectivity index (χ3n) is 4.58. The van der Waals surface area contributed by atoms with E-state index in [0.29, 0.717) is 12.8 Å². The van der Waals surface area contributed by atoms with Crippen molar-refractivity contribution >= 4 is 11.9 Å². The van der Waals surface area contributed by atoms with Crippen LogP contribution in [0.2, 0.25) is 0 Å². The molecule has 4 heteroatoms. The standard InChI is InChI=1S/C16H19NO3/c1-10-3-2-4-12(7-10)16(5-6-16)15(20)17-13-8-11(9-13)14(18)19/h2-4,7,11,13H,5-6,8-9H2,1H3,(H,17,20)(H,18,19). The van der Waals surface area contributed by atoms with Gasteiger partial charge in [0.1, 0.15) is 0 Å². The van der Waals surface area contributed by atoms with Crippen molar-refractivity contribution in [2.24, 2.45) is 5.92 Å². The highest BCUT2D eigenvalue weighted by molar-refractivity contribution is 5.91. The molecule has 0 heterocycles. The van der Waals surface area contributed by atoms with Crippen molar-refractivity contribution in [3.63, 3.8) is 0 Å². The van der Waals surface area contributed by atoms with E-state index in [1.54, 1.807) is 0 Å². The minimum Gasteiger partial charge on any atom is -0.481 e. The highest BCUT2D eigenvalue weighted by Gasteiger charge is 2.52. The van der Waals surface area contributed by atoms with Crippen molar-refractivity contribution in [1.82, 2.24) is 5.32 Å². The number of hydrogen-bond acceptors (Lipinski definition) is 2. The lowest BCUT2D eigenvalue weighted by molar-refractivity contribution is -0.146. The summed E-state index contributed by atoms with van der Waals surface area (Å²) in [5, 5.41) is 11.9. The van der Waals surface area contributed by atoms with Crippen LogP contribution in [-0.2, 0) is 15.0 Å². The number of amides is 1. The molecular weight excluding hydrogens is 254 g/mol. The van der Waals surface area contributed by atoms with E-state index >= 15 is 0 Å². The Hall–Kier alpha value is -1.84. The van der Waals surface area contributed by atoms with Gasteiger partial charge in [-0.15, -0.1) is 0 Å². The van der Waals surface area contributed by atoms with Crippen LogP contribution in [0, 0.1) is 12.8 Å². The van der Waals surface area contributed by atoms with Gasteiger partial charge in [0.05, 0.1) is 11.3 Å². The van der Waals surface area contributed by atoms with Gasteiger partial charge in [-0.25, -0.2) is 0 Å². The maximum absolute atomic E-state index is 12.5. The molecule has 1 aromatic carbocycles. The van der Waals surface area contributed by atoms with E-state index in [4.69, 9.17) is 5.11 Å². The Morgan fingerprint density at radius 2 is 2.00 bits per heavy atom. The Bertz CT molecular complexity index is 557. The van der Waals surface area contributed by atoms with Crippen molar-refractivity contribution in [3.8, 4) is 0 Å². The van der Waals surface area contributed by atoms with Crippen LogP contribution in [0.5, 0.6) is 0 Å². The lowest BCUT2D eigenvalue weighted by Gasteiger charge is -2.34. The summed E-state index contributed by atoms with van der Waals surface area (Å²) in [6, 6.07) is 8.14. The summed E-state index contributed by atoms with van der Waals surface area (Å²) in [5.74, 6) is -0.971. The highest BCUT2D eigenvalue weighted by Crippen LogP contribution is 2.49. The Morgan fingerprint density at radius 1 is 1.30 bits per heavy atom. The average molecular weight is 273 g/mol. The summed E-state index contributed by atoms with van der Waals surface area (Å²) in [4.78, 5) is 23.2. The molecule has 0 aromatic heterocycles. The number of benzene rings is 1. The zero-order chi connectivity index (χ0) is 14.3. The summed E-state index contributed by atoms with van der Waals surface area (Å²) >= 11 is 0. The first kappa shape index (κ1) is 13.2. The summed E-state index contributed by atoms with van der Waals surface area (Å²) < 4.78 is 0. The summed E-state index contributed by atoms with van der Waals surface area (Å²) in [5.41, 5.74) is 1.89. The van der Waals surface area contributed by atoms with Crippen LogP contribution in [0.3, 0.4) is 0 Å². The second-order valence-electron chi connectivity index (χ2n) is 6.13. The number of nitrogens with one attached hydrogen (secondary N) is 1. The Kier molecular flexibility index (Phi) is 3.04. The van der Waals surface area contributed by atoms with E-state index in [0.717, 1.165) is 24.0 Å². The molecule has 2 aliphatic rings. The van der Waals surface area contributed by atoms with Gasteiger partial charge < -0.3 is 10.4 Å². The molecule has 0 saturated heterocycles. The van der Waals surface area contributed by atoms with Gasteiger partial charge in [-0.3, -0.25) is 9.59 Å². The highest BCUT2D eigenvalue weighted by atomic mass is 16.4. The molecule has 2 fully saturated rings. The molecule has 1 amide bonds. The van der Waals surface area contributed by atoms with Gasteiger partial charge in [0.15, 0.2) is 0 Å². The molecule has 0 spiro atoms. The number of rotatable bonds is 4. The smallest absolute Gasteiger partial charge is 0.306 e. The third-order valence-corrected chi connectivity index (χ3v) is 4.58. The van der Waals surface area contributed by atoms with Gasteiger partial charge in [-0.2, -0.15) is 0 Å². The second-order valence-corrected chi connectivity index (χ2v) is 6.13. The minimum absolute atomic E-state index is 0.0332. The fourth-order valence-corrected chi connectivity index (χ4v) is 2.98. The van der Waals surface area contributed by atoms with Crippen LogP contribution in [0.1, 0.15) is 36.8 Å². The molecule has 106 valence electrons. The first-order chi connectivity index (χ1) is 9.51. The van der Waals surface area contributed by atoms with E-state index in [1.807, 2.05) is 25.1 Å². The zero-order valence-electron chi connectivity index (χ0n) is 11.6. The zero-order valence-corrected chi connectivity index (χ0v) is 11.6. The van der Waals surface area contributed by atoms with Crippen molar-refractivity contribution in [2.45, 2.75) is 44.1 Å². The fraction of sp³-hybridized carbons (Fsp3) is 0.500. The summed E-state index contributed by atoms with van der Waals surface area (Å²) in [7, 11) is 0. The van der Waals surface area contributed by atoms with Crippen LogP contribution < -0.4 is 5.32 Å². The van der Waals surface area contributed by atoms with E-state index < -0.39 is 5.97 Å². The van der Waals surface area contributed by atoms with Crippen molar-refractivity contribution in [2.75, 3.05) is 0 Å². The molecule has 3 rings (SSSR count). The van der Waals surface area contributed by atoms with Crippen molar-refractivity contribution in [1.29, 1.82) is 0 Å². The topological polar surface area (TPSA) is 66.4 Å². The maximum Gasteiger partial charge on any atom is 0.306 e. The number of aliphatic carboxylic acids is 1. The van der Waals surface area contributed by atoms with Crippen LogP contribution >= 0.6 is 0 Å². The number of carboxylic acid groups (broad SMARTS) is 1. The predicted octanol–water partition coefficient (Wildman–Crippen LogP) is 2.01.